The van der Waals surface area contributed by atoms with Gasteiger partial charge in [-0.1, -0.05) is 102 Å². The summed E-state index contributed by atoms with van der Waals surface area (Å²) in [5.41, 5.74) is 10.1. The summed E-state index contributed by atoms with van der Waals surface area (Å²) < 4.78 is 8.59. The number of nitrogens with zero attached hydrogens (tertiary/aromatic N) is 16. The molecule has 0 fully saturated rings. The average molecular weight is 1530 g/mol. The zero-order valence-electron chi connectivity index (χ0n) is 62.0. The van der Waals surface area contributed by atoms with E-state index in [-0.39, 0.29) is 22.3 Å². The molecule has 0 spiro atoms. The molecule has 7 aromatic rings. The van der Waals surface area contributed by atoms with Crippen LogP contribution in [-0.2, 0) is 34.3 Å². The van der Waals surface area contributed by atoms with Crippen molar-refractivity contribution in [2.24, 2.45) is 0 Å². The predicted octanol–water partition coefficient (Wildman–Crippen LogP) is 15.2. The summed E-state index contributed by atoms with van der Waals surface area (Å²) >= 11 is 23.2. The molecule has 2 aliphatic rings. The molecule has 0 saturated carbocycles. The van der Waals surface area contributed by atoms with E-state index in [0.29, 0.717) is 45.9 Å². The normalized spacial score (nSPS) is 11.2. The molecule has 8 bridgehead atoms. The molecule has 3 aromatic heterocycles. The first-order valence-electron chi connectivity index (χ1n) is 33.4. The van der Waals surface area contributed by atoms with E-state index in [1.807, 2.05) is 0 Å². The fraction of sp³-hybridized carbons (Fsp3) is 0.507. The van der Waals surface area contributed by atoms with Crippen LogP contribution in [-0.4, -0.2) is 224 Å². The maximum absolute atomic E-state index is 5.43. The summed E-state index contributed by atoms with van der Waals surface area (Å²) in [7, 11) is 33.2. The Hall–Kier alpha value is -4.56. The van der Waals surface area contributed by atoms with E-state index in [0.717, 1.165) is 127 Å². The van der Waals surface area contributed by atoms with Gasteiger partial charge in [0.05, 0.1) is 136 Å². The molecule has 5 heterocycles. The molecular weight excluding hydrogens is 1420 g/mol. The number of unbranched alkanes of at least 4 members (excludes halogenated alkanes) is 4. The van der Waals surface area contributed by atoms with Crippen molar-refractivity contribution in [3.8, 4) is 45.6 Å². The zero-order chi connectivity index (χ0) is 71.6. The molecule has 0 amide bonds. The first-order valence-corrected chi connectivity index (χ1v) is 39.8. The minimum atomic E-state index is 0. The van der Waals surface area contributed by atoms with Gasteiger partial charge in [0.15, 0.2) is 0 Å². The Bertz CT molecular complexity index is 3980. The minimum absolute atomic E-state index is 0. The van der Waals surface area contributed by atoms with E-state index >= 15 is 0 Å². The molecule has 2 aliphatic heterocycles. The summed E-state index contributed by atoms with van der Waals surface area (Å²) in [5.74, 6) is 8.49. The smallest absolute Gasteiger partial charge is 0.357 e. The van der Waals surface area contributed by atoms with Crippen molar-refractivity contribution in [3.63, 3.8) is 0 Å². The molecule has 25 heteroatoms. The molecule has 9 rings (SSSR count). The third-order valence-corrected chi connectivity index (χ3v) is 22.1. The summed E-state index contributed by atoms with van der Waals surface area (Å²) in [6.45, 7) is 10.9. The van der Waals surface area contributed by atoms with Gasteiger partial charge in [-0.25, -0.2) is 9.97 Å². The Kier molecular flexibility index (Phi) is 38.0. The molecule has 4 aromatic carbocycles. The molecule has 537 valence electrons. The van der Waals surface area contributed by atoms with Gasteiger partial charge in [-0.3, -0.25) is 37.9 Å². The molecule has 1 radical (unpaired) electrons. The van der Waals surface area contributed by atoms with Gasteiger partial charge in [0.1, 0.15) is 0 Å². The van der Waals surface area contributed by atoms with Gasteiger partial charge in [0, 0.05) is 67.4 Å². The number of fused-ring (bicyclic) bond motifs is 20. The van der Waals surface area contributed by atoms with Crippen molar-refractivity contribution in [2.75, 3.05) is 136 Å². The van der Waals surface area contributed by atoms with Crippen LogP contribution in [0.3, 0.4) is 0 Å². The van der Waals surface area contributed by atoms with Crippen molar-refractivity contribution in [1.82, 2.24) is 59.5 Å². The molecule has 0 aliphatic carbocycles. The van der Waals surface area contributed by atoms with Gasteiger partial charge < -0.3 is 29.9 Å². The number of aromatic nitrogens is 8. The summed E-state index contributed by atoms with van der Waals surface area (Å²) in [4.78, 5) is 51.3. The van der Waals surface area contributed by atoms with Gasteiger partial charge in [-0.05, 0) is 171 Å². The van der Waals surface area contributed by atoms with E-state index in [2.05, 4.69) is 309 Å². The number of amidine groups is 4. The van der Waals surface area contributed by atoms with Crippen LogP contribution in [0.2, 0.25) is 0 Å². The van der Waals surface area contributed by atoms with Crippen LogP contribution in [0.15, 0.2) is 72.8 Å². The second-order valence-electron chi connectivity index (χ2n) is 25.1. The molecule has 98 heavy (non-hydrogen) atoms. The molecule has 1 atom stereocenters. The zero-order valence-corrected chi connectivity index (χ0v) is 69.8. The van der Waals surface area contributed by atoms with Gasteiger partial charge in [0.2, 0.25) is 0 Å². The summed E-state index contributed by atoms with van der Waals surface area (Å²) in [5, 5.41) is 8.21. The maximum atomic E-state index is 5.43. The van der Waals surface area contributed by atoms with E-state index in [4.69, 9.17) is 39.9 Å². The fourth-order valence-corrected chi connectivity index (χ4v) is 15.5. The number of rotatable bonds is 16. The largest absolute Gasteiger partial charge is 2.00 e. The van der Waals surface area contributed by atoms with Crippen LogP contribution in [0.4, 0.5) is 0 Å². The quantitative estimate of drug-likeness (QED) is 0.0240. The van der Waals surface area contributed by atoms with Crippen LogP contribution in [0.1, 0.15) is 113 Å². The molecule has 1 unspecified atom stereocenters. The van der Waals surface area contributed by atoms with E-state index in [9.17, 15) is 0 Å². The Balaban J connectivity index is 0.000000852. The Morgan fingerprint density at radius 2 is 0.684 bits per heavy atom. The number of benzene rings is 4. The van der Waals surface area contributed by atoms with Crippen LogP contribution >= 0.6 is 97.6 Å². The predicted molar refractivity (Wildman–Crippen MR) is 442 cm³/mol. The SMILES string of the molecule is CC(SC(N(C)C)=[N+](C)C)c1ccc2c(c1)-c1nc-2nc2[n-]c(nc3nc(nc4[n-]c(n1)c1cc(CSC(N(C)C)=[N+](C)C)ccc41)-c1cc(CSC(N(C)C)=[N+](C)C)ccc1-3)c1cc(CSC(N(C)C)=[N+](C)C)ccc21.CCCCS.CCCCS.CCCCS.CCCCS.[Cu+2]. The summed E-state index contributed by atoms with van der Waals surface area (Å²) in [6, 6.07) is 26.0. The van der Waals surface area contributed by atoms with E-state index in [1.165, 1.54) is 51.4 Å². The first-order chi connectivity index (χ1) is 46.3. The third kappa shape index (κ3) is 24.6. The number of thiol groups is 4. The Labute approximate surface area is 636 Å². The van der Waals surface area contributed by atoms with Crippen molar-refractivity contribution in [1.29, 1.82) is 0 Å². The average Bonchev–Trinajstić information content (AvgIpc) is 1.60. The summed E-state index contributed by atoms with van der Waals surface area (Å²) in [6.07, 6.45) is 10.1. The number of thioether (sulfide) groups is 4. The number of hydrogen-bond donors (Lipinski definition) is 4. The van der Waals surface area contributed by atoms with Crippen molar-refractivity contribution < 1.29 is 35.4 Å². The second kappa shape index (κ2) is 43.4. The van der Waals surface area contributed by atoms with Crippen molar-refractivity contribution in [2.45, 2.75) is 108 Å². The van der Waals surface area contributed by atoms with Crippen molar-refractivity contribution in [3.05, 3.63) is 95.1 Å². The molecular formula is C73H110CuN16S8+4. The van der Waals surface area contributed by atoms with Gasteiger partial charge >= 0.3 is 37.7 Å². The maximum Gasteiger partial charge on any atom is 2.00 e. The topological polar surface area (TPSA) is 131 Å². The Morgan fingerprint density at radius 1 is 0.388 bits per heavy atom. The van der Waals surface area contributed by atoms with Crippen LogP contribution in [0.5, 0.6) is 0 Å². The van der Waals surface area contributed by atoms with Gasteiger partial charge in [-0.15, -0.1) is 0 Å². The monoisotopic (exact) mass is 1530 g/mol. The van der Waals surface area contributed by atoms with Crippen LogP contribution in [0, 0.1) is 0 Å². The van der Waals surface area contributed by atoms with Crippen LogP contribution < -0.4 is 9.97 Å². The first kappa shape index (κ1) is 85.8. The standard InChI is InChI=1S/C57H70N16S4.4C4H10S.Cu/c1-33(77-57(72(14)15)73(16)17)37-21-25-41-45(29-37)53-64-49(41)58-46-38-22-18-34(30-74-54(66(2)3)67(4)5)26-42(38)50(59-46)60-47-39-23-19-35(31-75-55(68(6)7)69(8)9)27-43(39)51(61-47)62-48-40-24-20-36(28-44(40)52(63-48)65-53)32-76-56(70(10)11)71(12)13;4*1-2-3-4-5;/h18-29,33H,30-32H2,1-17H3;4*5H,2-4H2,1H3;/q+2;;;;;+2. The minimum Gasteiger partial charge on any atom is -0.357 e. The molecule has 16 nitrogen and oxygen atoms in total. The number of hydrogen-bond acceptors (Lipinski definition) is 14. The molecule has 0 N–H and O–H groups in total. The van der Waals surface area contributed by atoms with E-state index in [1.54, 1.807) is 47.0 Å². The van der Waals surface area contributed by atoms with E-state index < -0.39 is 0 Å². The second-order valence-corrected chi connectivity index (χ2v) is 31.1. The van der Waals surface area contributed by atoms with Crippen molar-refractivity contribution >= 4 is 162 Å². The Morgan fingerprint density at radius 3 is 0.990 bits per heavy atom. The van der Waals surface area contributed by atoms with Crippen LogP contribution in [0.25, 0.3) is 89.7 Å². The van der Waals surface area contributed by atoms with Gasteiger partial charge in [-0.2, -0.15) is 50.5 Å². The third-order valence-electron chi connectivity index (χ3n) is 14.9. The van der Waals surface area contributed by atoms with Gasteiger partial charge in [0.25, 0.3) is 0 Å². The molecule has 0 saturated heterocycles. The fourth-order valence-electron chi connectivity index (χ4n) is 10.2.